The topological polar surface area (TPSA) is 67.6 Å². The third-order valence-corrected chi connectivity index (χ3v) is 6.88. The lowest BCUT2D eigenvalue weighted by molar-refractivity contribution is -0.134. The van der Waals surface area contributed by atoms with Gasteiger partial charge in [0.2, 0.25) is 5.91 Å². The molecule has 5 heteroatoms. The van der Waals surface area contributed by atoms with E-state index in [0.29, 0.717) is 5.56 Å². The van der Waals surface area contributed by atoms with Crippen molar-refractivity contribution in [2.45, 2.75) is 31.3 Å². The fourth-order valence-corrected chi connectivity index (χ4v) is 5.21. The van der Waals surface area contributed by atoms with Gasteiger partial charge in [-0.1, -0.05) is 18.2 Å². The Bertz CT molecular complexity index is 1010. The first kappa shape index (κ1) is 18.2. The van der Waals surface area contributed by atoms with Crippen LogP contribution in [-0.2, 0) is 4.79 Å². The van der Waals surface area contributed by atoms with E-state index in [1.54, 1.807) is 0 Å². The van der Waals surface area contributed by atoms with Gasteiger partial charge in [-0.15, -0.1) is 0 Å². The molecule has 1 amide bonds. The number of fused-ring (bicyclic) bond motifs is 3. The van der Waals surface area contributed by atoms with Crippen LogP contribution in [0.5, 0.6) is 0 Å². The van der Waals surface area contributed by atoms with Crippen molar-refractivity contribution >= 4 is 11.6 Å². The highest BCUT2D eigenvalue weighted by Crippen LogP contribution is 2.50. The largest absolute Gasteiger partial charge is 0.394 e. The molecule has 0 radical (unpaired) electrons. The minimum atomic E-state index is 0.0190. The molecule has 1 saturated heterocycles. The lowest BCUT2D eigenvalue weighted by atomic mass is 9.81. The molecule has 0 bridgehead atoms. The number of nitrogens with zero attached hydrogens (tertiary/aromatic N) is 3. The van der Waals surface area contributed by atoms with Crippen LogP contribution < -0.4 is 4.90 Å². The highest BCUT2D eigenvalue weighted by molar-refractivity contribution is 5.83. The van der Waals surface area contributed by atoms with Crippen LogP contribution in [0.1, 0.15) is 36.4 Å². The van der Waals surface area contributed by atoms with E-state index in [9.17, 15) is 15.2 Å². The van der Waals surface area contributed by atoms with Crippen LogP contribution in [0.25, 0.3) is 11.1 Å². The number of carbonyl (C=O) groups is 1. The van der Waals surface area contributed by atoms with Gasteiger partial charge in [-0.25, -0.2) is 0 Å². The Morgan fingerprint density at radius 1 is 1.17 bits per heavy atom. The molecule has 29 heavy (non-hydrogen) atoms. The van der Waals surface area contributed by atoms with Gasteiger partial charge >= 0.3 is 0 Å². The number of nitriles is 1. The predicted molar refractivity (Wildman–Crippen MR) is 111 cm³/mol. The molecule has 3 aliphatic rings. The van der Waals surface area contributed by atoms with Gasteiger partial charge in [-0.05, 0) is 60.2 Å². The molecule has 3 atom stereocenters. The SMILES string of the molecule is CN1c2ccc(-c3cccc(C#N)c3)cc2[C@@H]2[C@@H](CCN2C(=O)C2CC2)[C@@H]1CO. The summed E-state index contributed by atoms with van der Waals surface area (Å²) < 4.78 is 0. The molecule has 2 aliphatic heterocycles. The maximum absolute atomic E-state index is 13.0. The molecule has 0 spiro atoms. The van der Waals surface area contributed by atoms with Crippen molar-refractivity contribution in [2.75, 3.05) is 25.1 Å². The average Bonchev–Trinajstić information content (AvgIpc) is 3.52. The summed E-state index contributed by atoms with van der Waals surface area (Å²) in [5.74, 6) is 0.711. The summed E-state index contributed by atoms with van der Waals surface area (Å²) in [5.41, 5.74) is 4.95. The number of likely N-dealkylation sites (tertiary alicyclic amines) is 1. The second-order valence-electron chi connectivity index (χ2n) is 8.53. The maximum atomic E-state index is 13.0. The van der Waals surface area contributed by atoms with Crippen molar-refractivity contribution in [2.24, 2.45) is 11.8 Å². The first-order valence-corrected chi connectivity index (χ1v) is 10.4. The van der Waals surface area contributed by atoms with E-state index in [4.69, 9.17) is 0 Å². The van der Waals surface area contributed by atoms with Gasteiger partial charge in [-0.2, -0.15) is 5.26 Å². The van der Waals surface area contributed by atoms with Gasteiger partial charge in [0.15, 0.2) is 0 Å². The summed E-state index contributed by atoms with van der Waals surface area (Å²) in [6.45, 7) is 0.858. The van der Waals surface area contributed by atoms with Gasteiger partial charge in [0.1, 0.15) is 0 Å². The standard InChI is InChI=1S/C24H25N3O2/c1-26-21-8-7-18(17-4-2-3-15(11-17)13-25)12-20(21)23-19(22(26)14-28)9-10-27(23)24(29)16-5-6-16/h2-4,7-8,11-12,16,19,22-23,28H,5-6,9-10,14H2,1H3/t19-,22-,23-/m0/s1. The Hall–Kier alpha value is -2.84. The molecule has 2 aromatic rings. The van der Waals surface area contributed by atoms with Gasteiger partial charge in [0.05, 0.1) is 30.3 Å². The van der Waals surface area contributed by atoms with Crippen molar-refractivity contribution in [1.82, 2.24) is 4.90 Å². The quantitative estimate of drug-likeness (QED) is 0.877. The minimum Gasteiger partial charge on any atom is -0.394 e. The summed E-state index contributed by atoms with van der Waals surface area (Å²) in [6.07, 6.45) is 2.93. The van der Waals surface area contributed by atoms with E-state index in [1.165, 1.54) is 0 Å². The van der Waals surface area contributed by atoms with Crippen LogP contribution in [-0.4, -0.2) is 42.2 Å². The van der Waals surface area contributed by atoms with Crippen molar-refractivity contribution < 1.29 is 9.90 Å². The van der Waals surface area contributed by atoms with Crippen LogP contribution in [0.15, 0.2) is 42.5 Å². The molecule has 2 heterocycles. The molecule has 1 aliphatic carbocycles. The molecule has 148 valence electrons. The van der Waals surface area contributed by atoms with Crippen LogP contribution in [0.2, 0.25) is 0 Å². The summed E-state index contributed by atoms with van der Waals surface area (Å²) in [5, 5.41) is 19.3. The number of likely N-dealkylation sites (N-methyl/N-ethyl adjacent to an activating group) is 1. The van der Waals surface area contributed by atoms with Gasteiger partial charge in [0, 0.05) is 31.1 Å². The van der Waals surface area contributed by atoms with Crippen LogP contribution in [0.4, 0.5) is 5.69 Å². The van der Waals surface area contributed by atoms with Crippen molar-refractivity contribution in [1.29, 1.82) is 5.26 Å². The molecular formula is C24H25N3O2. The third-order valence-electron chi connectivity index (χ3n) is 6.88. The van der Waals surface area contributed by atoms with Gasteiger partial charge < -0.3 is 14.9 Å². The number of benzene rings is 2. The number of anilines is 1. The molecule has 0 aromatic heterocycles. The zero-order valence-corrected chi connectivity index (χ0v) is 16.6. The Morgan fingerprint density at radius 2 is 1.97 bits per heavy atom. The number of aliphatic hydroxyl groups is 1. The number of aliphatic hydroxyl groups excluding tert-OH is 1. The Balaban J connectivity index is 1.61. The first-order valence-electron chi connectivity index (χ1n) is 10.4. The molecular weight excluding hydrogens is 362 g/mol. The van der Waals surface area contributed by atoms with E-state index < -0.39 is 0 Å². The smallest absolute Gasteiger partial charge is 0.226 e. The fraction of sp³-hybridized carbons (Fsp3) is 0.417. The average molecular weight is 387 g/mol. The maximum Gasteiger partial charge on any atom is 0.226 e. The number of hydrogen-bond donors (Lipinski definition) is 1. The van der Waals surface area contributed by atoms with Crippen molar-refractivity contribution in [3.63, 3.8) is 0 Å². The third kappa shape index (κ3) is 2.90. The number of hydrogen-bond acceptors (Lipinski definition) is 4. The number of carbonyl (C=O) groups excluding carboxylic acids is 1. The van der Waals surface area contributed by atoms with E-state index in [2.05, 4.69) is 34.1 Å². The Kier molecular flexibility index (Phi) is 4.33. The van der Waals surface area contributed by atoms with Crippen LogP contribution >= 0.6 is 0 Å². The monoisotopic (exact) mass is 387 g/mol. The van der Waals surface area contributed by atoms with E-state index in [-0.39, 0.29) is 36.4 Å². The second kappa shape index (κ2) is 6.89. The van der Waals surface area contributed by atoms with Crippen LogP contribution in [0.3, 0.4) is 0 Å². The molecule has 1 saturated carbocycles. The van der Waals surface area contributed by atoms with Crippen molar-refractivity contribution in [3.05, 3.63) is 53.6 Å². The first-order chi connectivity index (χ1) is 14.1. The molecule has 2 fully saturated rings. The Labute approximate surface area is 171 Å². The Morgan fingerprint density at radius 3 is 2.69 bits per heavy atom. The van der Waals surface area contributed by atoms with E-state index in [1.807, 2.05) is 31.3 Å². The highest BCUT2D eigenvalue weighted by atomic mass is 16.3. The lowest BCUT2D eigenvalue weighted by Gasteiger charge is -2.44. The molecule has 1 N–H and O–H groups in total. The summed E-state index contributed by atoms with van der Waals surface area (Å²) in [6, 6.07) is 16.3. The molecule has 0 unspecified atom stereocenters. The molecule has 5 nitrogen and oxygen atoms in total. The summed E-state index contributed by atoms with van der Waals surface area (Å²) >= 11 is 0. The van der Waals surface area contributed by atoms with E-state index >= 15 is 0 Å². The predicted octanol–water partition coefficient (Wildman–Crippen LogP) is 3.34. The fourth-order valence-electron chi connectivity index (χ4n) is 5.21. The van der Waals surface area contributed by atoms with Gasteiger partial charge in [-0.3, -0.25) is 4.79 Å². The summed E-state index contributed by atoms with van der Waals surface area (Å²) in [4.78, 5) is 17.3. The molecule has 2 aromatic carbocycles. The zero-order chi connectivity index (χ0) is 20.1. The lowest BCUT2D eigenvalue weighted by Crippen LogP contribution is -2.48. The minimum absolute atomic E-state index is 0.0190. The zero-order valence-electron chi connectivity index (χ0n) is 16.6. The second-order valence-corrected chi connectivity index (χ2v) is 8.53. The van der Waals surface area contributed by atoms with E-state index in [0.717, 1.165) is 48.2 Å². The number of amides is 1. The van der Waals surface area contributed by atoms with Gasteiger partial charge in [0.25, 0.3) is 0 Å². The highest BCUT2D eigenvalue weighted by Gasteiger charge is 2.49. The van der Waals surface area contributed by atoms with Crippen molar-refractivity contribution in [3.8, 4) is 17.2 Å². The normalized spacial score (nSPS) is 25.3. The molecule has 5 rings (SSSR count). The summed E-state index contributed by atoms with van der Waals surface area (Å²) in [7, 11) is 2.04. The number of rotatable bonds is 3. The van der Waals surface area contributed by atoms with Crippen LogP contribution in [0, 0.1) is 23.2 Å².